The molecule has 226 valence electrons. The van der Waals surface area contributed by atoms with Crippen LogP contribution in [0.1, 0.15) is 60.6 Å². The molecule has 6 nitrogen and oxygen atoms in total. The summed E-state index contributed by atoms with van der Waals surface area (Å²) in [4.78, 5) is 19.7. The Balaban J connectivity index is 1.71. The Bertz CT molecular complexity index is 1230. The average molecular weight is 599 g/mol. The zero-order chi connectivity index (χ0) is 30.3. The number of benzene rings is 1. The maximum atomic E-state index is 13.6. The van der Waals surface area contributed by atoms with Crippen LogP contribution in [0.4, 0.5) is 50.1 Å². The maximum Gasteiger partial charge on any atom is 0.417 e. The molecule has 0 spiro atoms. The molecule has 0 aliphatic carbocycles. The van der Waals surface area contributed by atoms with Crippen molar-refractivity contribution in [2.45, 2.75) is 70.0 Å². The highest BCUT2D eigenvalue weighted by atomic mass is 19.4. The standard InChI is InChI=1S/C26H26F9N3O3/c1-3-37(20-4-6-40-7-5-20)22-16(10-19(12-36-22)26(33,34)35)13-38-14(2)21(41-23(38)39)15-8-17(24(27,28)29)11-18(9-15)25(30,31)32/h8-12,14,20-21H,3-7,13H2,1-2H3/t14-,21-/m0/s1. The summed E-state index contributed by atoms with van der Waals surface area (Å²) >= 11 is 0. The molecule has 2 saturated heterocycles. The van der Waals surface area contributed by atoms with Gasteiger partial charge in [0.1, 0.15) is 11.9 Å². The minimum Gasteiger partial charge on any atom is -0.439 e. The van der Waals surface area contributed by atoms with Crippen molar-refractivity contribution in [3.63, 3.8) is 0 Å². The molecule has 3 heterocycles. The maximum absolute atomic E-state index is 13.6. The van der Waals surface area contributed by atoms with E-state index in [-0.39, 0.29) is 23.5 Å². The topological polar surface area (TPSA) is 54.9 Å². The van der Waals surface area contributed by atoms with E-state index in [4.69, 9.17) is 9.47 Å². The van der Waals surface area contributed by atoms with E-state index in [1.807, 2.05) is 0 Å². The van der Waals surface area contributed by atoms with Crippen molar-refractivity contribution in [3.8, 4) is 0 Å². The Kier molecular flexibility index (Phi) is 8.40. The first kappa shape index (κ1) is 30.7. The zero-order valence-electron chi connectivity index (χ0n) is 21.8. The van der Waals surface area contributed by atoms with E-state index in [2.05, 4.69) is 4.98 Å². The first-order valence-corrected chi connectivity index (χ1v) is 12.7. The van der Waals surface area contributed by atoms with E-state index in [1.165, 1.54) is 6.92 Å². The van der Waals surface area contributed by atoms with Crippen LogP contribution >= 0.6 is 0 Å². The SMILES string of the molecule is CCN(c1ncc(C(F)(F)F)cc1CN1C(=O)O[C@H](c2cc(C(F)(F)F)cc(C(F)(F)F)c2)[C@@H]1C)C1CCOCC1. The Hall–Kier alpha value is -3.23. The molecule has 2 aliphatic heterocycles. The van der Waals surface area contributed by atoms with E-state index >= 15 is 0 Å². The molecular weight excluding hydrogens is 573 g/mol. The van der Waals surface area contributed by atoms with E-state index in [0.717, 1.165) is 11.0 Å². The Morgan fingerprint density at radius 1 is 0.902 bits per heavy atom. The van der Waals surface area contributed by atoms with Crippen LogP contribution in [0, 0.1) is 0 Å². The van der Waals surface area contributed by atoms with Crippen molar-refractivity contribution < 1.29 is 53.8 Å². The van der Waals surface area contributed by atoms with Gasteiger partial charge in [-0.2, -0.15) is 39.5 Å². The molecule has 2 aliphatic rings. The molecule has 2 aromatic rings. The van der Waals surface area contributed by atoms with Gasteiger partial charge < -0.3 is 14.4 Å². The number of carbonyl (C=O) groups excluding carboxylic acids is 1. The summed E-state index contributed by atoms with van der Waals surface area (Å²) in [5, 5.41) is 0. The number of pyridine rings is 1. The summed E-state index contributed by atoms with van der Waals surface area (Å²) < 4.78 is 132. The molecule has 1 amide bonds. The number of aromatic nitrogens is 1. The quantitative estimate of drug-likeness (QED) is 0.328. The van der Waals surface area contributed by atoms with Gasteiger partial charge in [-0.15, -0.1) is 0 Å². The third-order valence-corrected chi connectivity index (χ3v) is 7.19. The summed E-state index contributed by atoms with van der Waals surface area (Å²) in [5.74, 6) is 0.175. The van der Waals surface area contributed by atoms with Crippen LogP contribution in [-0.2, 0) is 34.5 Å². The van der Waals surface area contributed by atoms with Gasteiger partial charge in [0.05, 0.1) is 29.3 Å². The van der Waals surface area contributed by atoms with E-state index < -0.39 is 65.6 Å². The monoisotopic (exact) mass is 599 g/mol. The molecule has 41 heavy (non-hydrogen) atoms. The number of amides is 1. The minimum absolute atomic E-state index is 0.00219. The molecule has 0 bridgehead atoms. The second-order valence-electron chi connectivity index (χ2n) is 9.85. The number of carbonyl (C=O) groups is 1. The fourth-order valence-electron chi connectivity index (χ4n) is 5.10. The molecule has 4 rings (SSSR count). The molecule has 0 radical (unpaired) electrons. The van der Waals surface area contributed by atoms with Crippen LogP contribution in [0.3, 0.4) is 0 Å². The number of alkyl halides is 9. The predicted octanol–water partition coefficient (Wildman–Crippen LogP) is 7.23. The van der Waals surface area contributed by atoms with Crippen molar-refractivity contribution in [2.75, 3.05) is 24.7 Å². The molecule has 1 aromatic heterocycles. The molecule has 2 atom stereocenters. The van der Waals surface area contributed by atoms with Gasteiger partial charge in [-0.3, -0.25) is 4.90 Å². The molecule has 1 aromatic carbocycles. The van der Waals surface area contributed by atoms with Crippen LogP contribution in [0.5, 0.6) is 0 Å². The van der Waals surface area contributed by atoms with Crippen molar-refractivity contribution in [2.24, 2.45) is 0 Å². The second-order valence-corrected chi connectivity index (χ2v) is 9.85. The van der Waals surface area contributed by atoms with Gasteiger partial charge >= 0.3 is 24.6 Å². The minimum atomic E-state index is -5.12. The first-order chi connectivity index (χ1) is 19.0. The fourth-order valence-corrected chi connectivity index (χ4v) is 5.10. The van der Waals surface area contributed by atoms with Gasteiger partial charge in [-0.25, -0.2) is 9.78 Å². The van der Waals surface area contributed by atoms with E-state index in [1.54, 1.807) is 11.8 Å². The Labute approximate surface area is 229 Å². The highest BCUT2D eigenvalue weighted by Crippen LogP contribution is 2.42. The lowest BCUT2D eigenvalue weighted by Crippen LogP contribution is -2.41. The van der Waals surface area contributed by atoms with Crippen LogP contribution in [-0.4, -0.2) is 47.8 Å². The zero-order valence-corrected chi connectivity index (χ0v) is 21.8. The summed E-state index contributed by atoms with van der Waals surface area (Å²) in [5.41, 5.74) is -4.79. The lowest BCUT2D eigenvalue weighted by Gasteiger charge is -2.36. The lowest BCUT2D eigenvalue weighted by atomic mass is 9.97. The van der Waals surface area contributed by atoms with Gasteiger partial charge in [0.15, 0.2) is 0 Å². The number of hydrogen-bond donors (Lipinski definition) is 0. The lowest BCUT2D eigenvalue weighted by molar-refractivity contribution is -0.143. The second kappa shape index (κ2) is 11.2. The summed E-state index contributed by atoms with van der Waals surface area (Å²) in [7, 11) is 0. The van der Waals surface area contributed by atoms with E-state index in [0.29, 0.717) is 50.9 Å². The summed E-state index contributed by atoms with van der Waals surface area (Å²) in [6.45, 7) is 3.88. The molecule has 0 N–H and O–H groups in total. The van der Waals surface area contributed by atoms with E-state index in [9.17, 15) is 44.3 Å². The molecular formula is C26H26F9N3O3. The number of cyclic esters (lactones) is 1. The van der Waals surface area contributed by atoms with Gasteiger partial charge in [-0.05, 0) is 56.5 Å². The van der Waals surface area contributed by atoms with Crippen molar-refractivity contribution in [1.82, 2.24) is 9.88 Å². The third kappa shape index (κ3) is 6.65. The number of hydrogen-bond acceptors (Lipinski definition) is 5. The van der Waals surface area contributed by atoms with Crippen LogP contribution in [0.15, 0.2) is 30.5 Å². The number of ether oxygens (including phenoxy) is 2. The molecule has 2 fully saturated rings. The number of rotatable bonds is 6. The largest absolute Gasteiger partial charge is 0.439 e. The van der Waals surface area contributed by atoms with Gasteiger partial charge in [0, 0.05) is 37.6 Å². The molecule has 15 heteroatoms. The summed E-state index contributed by atoms with van der Waals surface area (Å²) in [6.07, 6.45) is -15.8. The average Bonchev–Trinajstić information content (AvgIpc) is 3.17. The highest BCUT2D eigenvalue weighted by molar-refractivity contribution is 5.71. The smallest absolute Gasteiger partial charge is 0.417 e. The van der Waals surface area contributed by atoms with Gasteiger partial charge in [-0.1, -0.05) is 0 Å². The van der Waals surface area contributed by atoms with Gasteiger partial charge in [0.25, 0.3) is 0 Å². The van der Waals surface area contributed by atoms with Gasteiger partial charge in [0.2, 0.25) is 0 Å². The number of anilines is 1. The molecule has 0 saturated carbocycles. The number of halogens is 9. The number of nitrogens with zero attached hydrogens (tertiary/aromatic N) is 3. The van der Waals surface area contributed by atoms with Crippen molar-refractivity contribution in [3.05, 3.63) is 58.3 Å². The first-order valence-electron chi connectivity index (χ1n) is 12.7. The molecule has 0 unspecified atom stereocenters. The normalized spacial score (nSPS) is 20.9. The fraction of sp³-hybridized carbons (Fsp3) is 0.538. The predicted molar refractivity (Wildman–Crippen MR) is 127 cm³/mol. The third-order valence-electron chi connectivity index (χ3n) is 7.19. The highest BCUT2D eigenvalue weighted by Gasteiger charge is 2.44. The van der Waals surface area contributed by atoms with Crippen LogP contribution < -0.4 is 4.90 Å². The van der Waals surface area contributed by atoms with Crippen LogP contribution in [0.25, 0.3) is 0 Å². The van der Waals surface area contributed by atoms with Crippen LogP contribution in [0.2, 0.25) is 0 Å². The summed E-state index contributed by atoms with van der Waals surface area (Å²) in [6, 6.07) is 0.483. The Morgan fingerprint density at radius 2 is 1.46 bits per heavy atom. The Morgan fingerprint density at radius 3 is 1.98 bits per heavy atom. The van der Waals surface area contributed by atoms with Crippen molar-refractivity contribution in [1.29, 1.82) is 0 Å². The van der Waals surface area contributed by atoms with Crippen molar-refractivity contribution >= 4 is 11.9 Å².